The number of esters is 1. The Kier molecular flexibility index (Phi) is 6.53. The largest absolute Gasteiger partial charge is 0.507 e. The number of phenolic OH excluding ortho intramolecular Hbond substituents is 1. The summed E-state index contributed by atoms with van der Waals surface area (Å²) in [5, 5.41) is 12.2. The third-order valence-corrected chi connectivity index (χ3v) is 3.44. The Morgan fingerprint density at radius 2 is 1.85 bits per heavy atom. The van der Waals surface area contributed by atoms with Gasteiger partial charge in [0.15, 0.2) is 6.10 Å². The van der Waals surface area contributed by atoms with Crippen LogP contribution in [0.15, 0.2) is 42.5 Å². The summed E-state index contributed by atoms with van der Waals surface area (Å²) in [5.41, 5.74) is -0.158. The second-order valence-electron chi connectivity index (χ2n) is 5.29. The van der Waals surface area contributed by atoms with Gasteiger partial charge in [-0.25, -0.2) is 4.79 Å². The summed E-state index contributed by atoms with van der Waals surface area (Å²) in [6.45, 7) is -1.76. The summed E-state index contributed by atoms with van der Waals surface area (Å²) in [6.07, 6.45) is -1.27. The average molecular weight is 381 g/mol. The Hall–Kier alpha value is -3.36. The van der Waals surface area contributed by atoms with E-state index >= 15 is 0 Å². The molecule has 7 nitrogen and oxygen atoms in total. The van der Waals surface area contributed by atoms with Gasteiger partial charge in [0, 0.05) is 6.07 Å². The summed E-state index contributed by atoms with van der Waals surface area (Å²) < 4.78 is 39.1. The molecule has 0 aromatic heterocycles. The fourth-order valence-electron chi connectivity index (χ4n) is 2.09. The topological polar surface area (TPSA) is 94.1 Å². The number of rotatable bonds is 7. The Morgan fingerprint density at radius 3 is 2.48 bits per heavy atom. The van der Waals surface area contributed by atoms with Gasteiger partial charge in [0.05, 0.1) is 12.8 Å². The van der Waals surface area contributed by atoms with Gasteiger partial charge in [-0.1, -0.05) is 12.1 Å². The maximum atomic E-state index is 12.4. The first kappa shape index (κ1) is 20.0. The maximum Gasteiger partial charge on any atom is 0.387 e. The molecule has 0 bridgehead atoms. The normalized spacial score (nSPS) is 11.6. The zero-order valence-electron chi connectivity index (χ0n) is 14.4. The SMILES string of the molecule is COc1ccc(C(=O)O[C@@H](C)C(=O)Nc2ccccc2OC(F)F)c(O)c1. The minimum Gasteiger partial charge on any atom is -0.507 e. The van der Waals surface area contributed by atoms with Crippen LogP contribution in [0.4, 0.5) is 14.5 Å². The molecule has 0 aliphatic carbocycles. The molecular formula is C18H17F2NO6. The number of anilines is 1. The van der Waals surface area contributed by atoms with E-state index in [-0.39, 0.29) is 22.7 Å². The van der Waals surface area contributed by atoms with E-state index in [2.05, 4.69) is 10.1 Å². The van der Waals surface area contributed by atoms with Gasteiger partial charge in [0.2, 0.25) is 0 Å². The lowest BCUT2D eigenvalue weighted by atomic mass is 10.2. The number of hydrogen-bond donors (Lipinski definition) is 2. The van der Waals surface area contributed by atoms with Gasteiger partial charge in [-0.05, 0) is 31.2 Å². The number of nitrogens with one attached hydrogen (secondary N) is 1. The van der Waals surface area contributed by atoms with Gasteiger partial charge in [0.25, 0.3) is 5.91 Å². The molecule has 0 saturated heterocycles. The molecule has 0 fully saturated rings. The maximum absolute atomic E-state index is 12.4. The molecular weight excluding hydrogens is 364 g/mol. The standard InChI is InChI=1S/C18H17F2NO6/c1-10(26-17(24)12-8-7-11(25-2)9-14(12)22)16(23)21-13-5-3-4-6-15(13)27-18(19)20/h3-10,18,22H,1-2H3,(H,21,23)/t10-/m0/s1. The number of halogens is 2. The van der Waals surface area contributed by atoms with Gasteiger partial charge in [-0.3, -0.25) is 4.79 Å². The van der Waals surface area contributed by atoms with E-state index in [4.69, 9.17) is 9.47 Å². The molecule has 2 N–H and O–H groups in total. The lowest BCUT2D eigenvalue weighted by Gasteiger charge is -2.16. The highest BCUT2D eigenvalue weighted by Gasteiger charge is 2.22. The van der Waals surface area contributed by atoms with Crippen molar-refractivity contribution in [2.75, 3.05) is 12.4 Å². The molecule has 2 aromatic rings. The third-order valence-electron chi connectivity index (χ3n) is 3.44. The summed E-state index contributed by atoms with van der Waals surface area (Å²) in [4.78, 5) is 24.3. The van der Waals surface area contributed by atoms with Crippen molar-refractivity contribution < 1.29 is 37.7 Å². The minimum atomic E-state index is -3.06. The molecule has 1 atom stereocenters. The first-order valence-electron chi connectivity index (χ1n) is 7.74. The third kappa shape index (κ3) is 5.30. The van der Waals surface area contributed by atoms with Crippen LogP contribution in [-0.2, 0) is 9.53 Å². The van der Waals surface area contributed by atoms with Crippen LogP contribution in [0.3, 0.4) is 0 Å². The van der Waals surface area contributed by atoms with Crippen LogP contribution >= 0.6 is 0 Å². The van der Waals surface area contributed by atoms with Crippen LogP contribution in [0.1, 0.15) is 17.3 Å². The van der Waals surface area contributed by atoms with Crippen molar-refractivity contribution in [1.29, 1.82) is 0 Å². The Balaban J connectivity index is 2.05. The Morgan fingerprint density at radius 1 is 1.15 bits per heavy atom. The number of phenols is 1. The van der Waals surface area contributed by atoms with Gasteiger partial charge in [-0.15, -0.1) is 0 Å². The lowest BCUT2D eigenvalue weighted by molar-refractivity contribution is -0.123. The molecule has 0 radical (unpaired) electrons. The van der Waals surface area contributed by atoms with Crippen LogP contribution in [0.5, 0.6) is 17.2 Å². The number of carbonyl (C=O) groups is 2. The number of para-hydroxylation sites is 2. The van der Waals surface area contributed by atoms with Gasteiger partial charge in [0.1, 0.15) is 22.8 Å². The summed E-state index contributed by atoms with van der Waals surface area (Å²) in [6, 6.07) is 9.54. The van der Waals surface area contributed by atoms with Crippen LogP contribution in [-0.4, -0.2) is 36.8 Å². The molecule has 9 heteroatoms. The number of ether oxygens (including phenoxy) is 3. The number of benzene rings is 2. The van der Waals surface area contributed by atoms with Gasteiger partial charge < -0.3 is 24.6 Å². The van der Waals surface area contributed by atoms with Crippen molar-refractivity contribution in [2.24, 2.45) is 0 Å². The Bertz CT molecular complexity index is 827. The summed E-state index contributed by atoms with van der Waals surface area (Å²) in [5.74, 6) is -1.96. The van der Waals surface area contributed by atoms with Crippen LogP contribution in [0.2, 0.25) is 0 Å². The number of alkyl halides is 2. The number of methoxy groups -OCH3 is 1. The number of aromatic hydroxyl groups is 1. The first-order chi connectivity index (χ1) is 12.8. The van der Waals surface area contributed by atoms with E-state index in [0.29, 0.717) is 5.75 Å². The number of amides is 1. The highest BCUT2D eigenvalue weighted by molar-refractivity contribution is 5.99. The van der Waals surface area contributed by atoms with Crippen molar-refractivity contribution in [3.8, 4) is 17.2 Å². The van der Waals surface area contributed by atoms with E-state index in [1.807, 2.05) is 0 Å². The minimum absolute atomic E-state index is 0.00186. The van der Waals surface area contributed by atoms with Gasteiger partial charge in [-0.2, -0.15) is 8.78 Å². The average Bonchev–Trinajstić information content (AvgIpc) is 2.62. The molecule has 2 rings (SSSR count). The molecule has 144 valence electrons. The monoisotopic (exact) mass is 381 g/mol. The van der Waals surface area contributed by atoms with Crippen molar-refractivity contribution in [2.45, 2.75) is 19.6 Å². The van der Waals surface area contributed by atoms with E-state index < -0.39 is 24.6 Å². The van der Waals surface area contributed by atoms with Gasteiger partial charge >= 0.3 is 12.6 Å². The summed E-state index contributed by atoms with van der Waals surface area (Å²) >= 11 is 0. The van der Waals surface area contributed by atoms with Crippen molar-refractivity contribution >= 4 is 17.6 Å². The Labute approximate surface area is 153 Å². The highest BCUT2D eigenvalue weighted by atomic mass is 19.3. The van der Waals surface area contributed by atoms with Crippen molar-refractivity contribution in [3.05, 3.63) is 48.0 Å². The molecule has 0 spiro atoms. The number of hydrogen-bond acceptors (Lipinski definition) is 6. The predicted molar refractivity (Wildman–Crippen MR) is 91.2 cm³/mol. The second kappa shape index (κ2) is 8.84. The number of carbonyl (C=O) groups excluding carboxylic acids is 2. The second-order valence-corrected chi connectivity index (χ2v) is 5.29. The quantitative estimate of drug-likeness (QED) is 0.716. The molecule has 1 amide bonds. The molecule has 0 saturated carbocycles. The fourth-order valence-corrected chi connectivity index (χ4v) is 2.09. The molecule has 2 aromatic carbocycles. The molecule has 0 aliphatic heterocycles. The van der Waals surface area contributed by atoms with Crippen LogP contribution < -0.4 is 14.8 Å². The zero-order valence-corrected chi connectivity index (χ0v) is 14.4. The van der Waals surface area contributed by atoms with Crippen molar-refractivity contribution in [1.82, 2.24) is 0 Å². The van der Waals surface area contributed by atoms with Crippen LogP contribution in [0, 0.1) is 0 Å². The van der Waals surface area contributed by atoms with E-state index in [9.17, 15) is 23.5 Å². The molecule has 0 heterocycles. The highest BCUT2D eigenvalue weighted by Crippen LogP contribution is 2.26. The molecule has 0 unspecified atom stereocenters. The molecule has 27 heavy (non-hydrogen) atoms. The summed E-state index contributed by atoms with van der Waals surface area (Å²) in [7, 11) is 1.40. The smallest absolute Gasteiger partial charge is 0.387 e. The predicted octanol–water partition coefficient (Wildman–Crippen LogP) is 3.19. The zero-order chi connectivity index (χ0) is 20.0. The van der Waals surface area contributed by atoms with E-state index in [1.54, 1.807) is 0 Å². The first-order valence-corrected chi connectivity index (χ1v) is 7.74. The van der Waals surface area contributed by atoms with Crippen molar-refractivity contribution in [3.63, 3.8) is 0 Å². The van der Waals surface area contributed by atoms with E-state index in [1.165, 1.54) is 56.5 Å². The fraction of sp³-hybridized carbons (Fsp3) is 0.222. The van der Waals surface area contributed by atoms with E-state index in [0.717, 1.165) is 0 Å². The molecule has 0 aliphatic rings. The van der Waals surface area contributed by atoms with Crippen LogP contribution in [0.25, 0.3) is 0 Å². The lowest BCUT2D eigenvalue weighted by Crippen LogP contribution is -2.30.